The summed E-state index contributed by atoms with van der Waals surface area (Å²) in [7, 11) is 0. The first-order valence-corrected chi connectivity index (χ1v) is 5.48. The van der Waals surface area contributed by atoms with Crippen molar-refractivity contribution in [2.24, 2.45) is 0 Å². The highest BCUT2D eigenvalue weighted by Gasteiger charge is 2.26. The second-order valence-electron chi connectivity index (χ2n) is 3.94. The highest BCUT2D eigenvalue weighted by atomic mass is 16.5. The predicted molar refractivity (Wildman–Crippen MR) is 53.0 cm³/mol. The maximum absolute atomic E-state index is 12.0. The molecule has 0 spiro atoms. The fraction of sp³-hybridized carbons (Fsp3) is 0.900. The first-order valence-electron chi connectivity index (χ1n) is 5.48. The summed E-state index contributed by atoms with van der Waals surface area (Å²) < 4.78 is 5.22. The van der Waals surface area contributed by atoms with Crippen molar-refractivity contribution in [1.82, 2.24) is 10.2 Å². The second-order valence-corrected chi connectivity index (χ2v) is 3.94. The summed E-state index contributed by atoms with van der Waals surface area (Å²) in [5.74, 6) is 0.271. The van der Waals surface area contributed by atoms with E-state index in [0.717, 1.165) is 26.1 Å². The van der Waals surface area contributed by atoms with Crippen molar-refractivity contribution in [1.29, 1.82) is 0 Å². The first-order chi connectivity index (χ1) is 6.88. The molecule has 4 heteroatoms. The summed E-state index contributed by atoms with van der Waals surface area (Å²) in [5, 5.41) is 3.28. The van der Waals surface area contributed by atoms with Gasteiger partial charge in [0.25, 0.3) is 0 Å². The number of morpholine rings is 1. The lowest BCUT2D eigenvalue weighted by molar-refractivity contribution is -0.138. The van der Waals surface area contributed by atoms with E-state index in [-0.39, 0.29) is 11.9 Å². The summed E-state index contributed by atoms with van der Waals surface area (Å²) in [4.78, 5) is 13.9. The van der Waals surface area contributed by atoms with Crippen molar-refractivity contribution in [3.05, 3.63) is 0 Å². The standard InChI is InChI=1S/C10H18N2O2/c13-10(9-3-1-2-4-11-9)12-5-7-14-8-6-12/h9,11H,1-8H2. The molecule has 2 rings (SSSR count). The highest BCUT2D eigenvalue weighted by molar-refractivity contribution is 5.82. The normalized spacial score (nSPS) is 28.9. The van der Waals surface area contributed by atoms with Gasteiger partial charge in [-0.2, -0.15) is 0 Å². The SMILES string of the molecule is O=C(C1CCCCN1)N1CCOCC1. The summed E-state index contributed by atoms with van der Waals surface area (Å²) in [6, 6.07) is 0.0712. The Hall–Kier alpha value is -0.610. The van der Waals surface area contributed by atoms with Gasteiger partial charge in [-0.3, -0.25) is 4.79 Å². The van der Waals surface area contributed by atoms with E-state index in [9.17, 15) is 4.79 Å². The van der Waals surface area contributed by atoms with Gasteiger partial charge in [-0.15, -0.1) is 0 Å². The minimum atomic E-state index is 0.0712. The van der Waals surface area contributed by atoms with Crippen LogP contribution in [0.4, 0.5) is 0 Å². The number of rotatable bonds is 1. The molecule has 0 aliphatic carbocycles. The van der Waals surface area contributed by atoms with Crippen molar-refractivity contribution in [2.75, 3.05) is 32.8 Å². The number of carbonyl (C=O) groups is 1. The van der Waals surface area contributed by atoms with E-state index in [1.807, 2.05) is 4.90 Å². The lowest BCUT2D eigenvalue weighted by Gasteiger charge is -2.32. The first kappa shape index (κ1) is 9.93. The molecular weight excluding hydrogens is 180 g/mol. The molecule has 2 heterocycles. The number of piperidine rings is 1. The van der Waals surface area contributed by atoms with Gasteiger partial charge in [0.15, 0.2) is 0 Å². The summed E-state index contributed by atoms with van der Waals surface area (Å²) in [6.45, 7) is 3.89. The van der Waals surface area contributed by atoms with Crippen LogP contribution in [-0.2, 0) is 9.53 Å². The maximum Gasteiger partial charge on any atom is 0.239 e. The lowest BCUT2D eigenvalue weighted by atomic mass is 10.0. The summed E-state index contributed by atoms with van der Waals surface area (Å²) >= 11 is 0. The monoisotopic (exact) mass is 198 g/mol. The average Bonchev–Trinajstić information content (AvgIpc) is 2.30. The second kappa shape index (κ2) is 4.75. The Morgan fingerprint density at radius 1 is 1.29 bits per heavy atom. The molecule has 2 aliphatic heterocycles. The minimum absolute atomic E-state index is 0.0712. The van der Waals surface area contributed by atoms with Crippen molar-refractivity contribution in [2.45, 2.75) is 25.3 Å². The van der Waals surface area contributed by atoms with Crippen LogP contribution in [0, 0.1) is 0 Å². The van der Waals surface area contributed by atoms with Crippen molar-refractivity contribution < 1.29 is 9.53 Å². The largest absolute Gasteiger partial charge is 0.378 e. The number of nitrogens with zero attached hydrogens (tertiary/aromatic N) is 1. The highest BCUT2D eigenvalue weighted by Crippen LogP contribution is 2.10. The zero-order valence-electron chi connectivity index (χ0n) is 8.50. The average molecular weight is 198 g/mol. The van der Waals surface area contributed by atoms with E-state index in [4.69, 9.17) is 4.74 Å². The molecular formula is C10H18N2O2. The smallest absolute Gasteiger partial charge is 0.239 e. The van der Waals surface area contributed by atoms with Gasteiger partial charge in [0.2, 0.25) is 5.91 Å². The number of amides is 1. The van der Waals surface area contributed by atoms with Crippen LogP contribution in [0.5, 0.6) is 0 Å². The quantitative estimate of drug-likeness (QED) is 0.644. The third-order valence-corrected chi connectivity index (χ3v) is 2.93. The predicted octanol–water partition coefficient (Wildman–Crippen LogP) is -0.0127. The van der Waals surface area contributed by atoms with Gasteiger partial charge in [-0.05, 0) is 19.4 Å². The molecule has 1 amide bonds. The van der Waals surface area contributed by atoms with Crippen LogP contribution in [0.3, 0.4) is 0 Å². The Morgan fingerprint density at radius 2 is 2.07 bits per heavy atom. The molecule has 1 unspecified atom stereocenters. The van der Waals surface area contributed by atoms with Gasteiger partial charge in [0, 0.05) is 13.1 Å². The van der Waals surface area contributed by atoms with E-state index >= 15 is 0 Å². The van der Waals surface area contributed by atoms with Crippen LogP contribution in [0.15, 0.2) is 0 Å². The molecule has 0 saturated carbocycles. The molecule has 1 atom stereocenters. The third kappa shape index (κ3) is 2.25. The van der Waals surface area contributed by atoms with E-state index in [1.165, 1.54) is 12.8 Å². The number of ether oxygens (including phenoxy) is 1. The van der Waals surface area contributed by atoms with Crippen LogP contribution in [0.2, 0.25) is 0 Å². The van der Waals surface area contributed by atoms with Gasteiger partial charge >= 0.3 is 0 Å². The van der Waals surface area contributed by atoms with Crippen LogP contribution in [0.25, 0.3) is 0 Å². The lowest BCUT2D eigenvalue weighted by Crippen LogP contribution is -2.51. The van der Waals surface area contributed by atoms with Crippen LogP contribution in [0.1, 0.15) is 19.3 Å². The Kier molecular flexibility index (Phi) is 3.37. The Morgan fingerprint density at radius 3 is 2.71 bits per heavy atom. The maximum atomic E-state index is 12.0. The fourth-order valence-corrected chi connectivity index (χ4v) is 2.07. The molecule has 2 aliphatic rings. The number of nitrogens with one attached hydrogen (secondary N) is 1. The minimum Gasteiger partial charge on any atom is -0.378 e. The molecule has 80 valence electrons. The summed E-state index contributed by atoms with van der Waals surface area (Å²) in [6.07, 6.45) is 3.37. The molecule has 0 aromatic rings. The number of carbonyl (C=O) groups excluding carboxylic acids is 1. The topological polar surface area (TPSA) is 41.6 Å². The van der Waals surface area contributed by atoms with Gasteiger partial charge < -0.3 is 15.0 Å². The zero-order chi connectivity index (χ0) is 9.80. The molecule has 0 bridgehead atoms. The van der Waals surface area contributed by atoms with Gasteiger partial charge in [-0.25, -0.2) is 0 Å². The van der Waals surface area contributed by atoms with E-state index in [2.05, 4.69) is 5.32 Å². The molecule has 2 saturated heterocycles. The zero-order valence-corrected chi connectivity index (χ0v) is 8.50. The Bertz CT molecular complexity index is 176. The molecule has 0 radical (unpaired) electrons. The number of hydrogen-bond donors (Lipinski definition) is 1. The van der Waals surface area contributed by atoms with Gasteiger partial charge in [-0.1, -0.05) is 6.42 Å². The van der Waals surface area contributed by atoms with Crippen LogP contribution >= 0.6 is 0 Å². The van der Waals surface area contributed by atoms with E-state index in [1.54, 1.807) is 0 Å². The molecule has 4 nitrogen and oxygen atoms in total. The fourth-order valence-electron chi connectivity index (χ4n) is 2.07. The van der Waals surface area contributed by atoms with Gasteiger partial charge in [0.1, 0.15) is 0 Å². The van der Waals surface area contributed by atoms with Crippen LogP contribution in [-0.4, -0.2) is 49.7 Å². The molecule has 1 N–H and O–H groups in total. The van der Waals surface area contributed by atoms with Crippen molar-refractivity contribution >= 4 is 5.91 Å². The van der Waals surface area contributed by atoms with E-state index < -0.39 is 0 Å². The van der Waals surface area contributed by atoms with Crippen molar-refractivity contribution in [3.8, 4) is 0 Å². The number of hydrogen-bond acceptors (Lipinski definition) is 3. The molecule has 14 heavy (non-hydrogen) atoms. The summed E-state index contributed by atoms with van der Waals surface area (Å²) in [5.41, 5.74) is 0. The van der Waals surface area contributed by atoms with E-state index in [0.29, 0.717) is 13.2 Å². The van der Waals surface area contributed by atoms with Crippen molar-refractivity contribution in [3.63, 3.8) is 0 Å². The Labute approximate surface area is 84.6 Å². The third-order valence-electron chi connectivity index (χ3n) is 2.93. The molecule has 0 aromatic carbocycles. The van der Waals surface area contributed by atoms with Crippen LogP contribution < -0.4 is 5.32 Å². The van der Waals surface area contributed by atoms with Gasteiger partial charge in [0.05, 0.1) is 19.3 Å². The molecule has 2 fully saturated rings. The molecule has 0 aromatic heterocycles. The Balaban J connectivity index is 1.85.